The van der Waals surface area contributed by atoms with Gasteiger partial charge in [0.1, 0.15) is 5.58 Å². The lowest BCUT2D eigenvalue weighted by Gasteiger charge is -2.13. The Morgan fingerprint density at radius 2 is 1.81 bits per heavy atom. The van der Waals surface area contributed by atoms with Crippen molar-refractivity contribution < 1.29 is 18.7 Å². The predicted octanol–water partition coefficient (Wildman–Crippen LogP) is 3.94. The number of aryl methyl sites for hydroxylation is 1. The summed E-state index contributed by atoms with van der Waals surface area (Å²) in [6, 6.07) is 12.7. The van der Waals surface area contributed by atoms with E-state index in [1.54, 1.807) is 18.2 Å². The molecule has 0 spiro atoms. The number of ether oxygens (including phenoxy) is 1. The van der Waals surface area contributed by atoms with Gasteiger partial charge in [0.05, 0.1) is 5.39 Å². The van der Waals surface area contributed by atoms with Crippen LogP contribution >= 0.6 is 11.6 Å². The molecule has 1 amide bonds. The van der Waals surface area contributed by atoms with E-state index in [1.165, 1.54) is 19.1 Å². The molecule has 2 aromatic carbocycles. The molecule has 7 heteroatoms. The van der Waals surface area contributed by atoms with Crippen molar-refractivity contribution in [1.29, 1.82) is 0 Å². The molecule has 0 bridgehead atoms. The number of anilines is 1. The van der Waals surface area contributed by atoms with Gasteiger partial charge in [-0.15, -0.1) is 0 Å². The average molecular weight is 386 g/mol. The summed E-state index contributed by atoms with van der Waals surface area (Å²) in [5, 5.41) is 3.28. The maximum Gasteiger partial charge on any atom is 0.375 e. The quantitative estimate of drug-likeness (QED) is 0.687. The van der Waals surface area contributed by atoms with Gasteiger partial charge in [-0.25, -0.2) is 4.79 Å². The SMILES string of the molecule is Cc1ccc(NC(=O)[C@@H](C)OC(=O)c2cc(=O)c3cc(Cl)ccc3o2)cc1. The normalized spacial score (nSPS) is 11.8. The summed E-state index contributed by atoms with van der Waals surface area (Å²) < 4.78 is 10.5. The number of fused-ring (bicyclic) bond motifs is 1. The van der Waals surface area contributed by atoms with E-state index in [1.807, 2.05) is 19.1 Å². The Labute approximate surface area is 159 Å². The number of carbonyl (C=O) groups is 2. The van der Waals surface area contributed by atoms with E-state index in [4.69, 9.17) is 20.8 Å². The molecule has 0 aliphatic rings. The Balaban J connectivity index is 1.73. The Kier molecular flexibility index (Phi) is 5.28. The van der Waals surface area contributed by atoms with Gasteiger partial charge in [-0.2, -0.15) is 0 Å². The van der Waals surface area contributed by atoms with Crippen molar-refractivity contribution in [3.05, 3.63) is 75.1 Å². The molecule has 3 rings (SSSR count). The minimum Gasteiger partial charge on any atom is -0.449 e. The molecule has 138 valence electrons. The summed E-state index contributed by atoms with van der Waals surface area (Å²) in [6.45, 7) is 3.36. The van der Waals surface area contributed by atoms with Gasteiger partial charge in [0.25, 0.3) is 5.91 Å². The van der Waals surface area contributed by atoms with E-state index in [2.05, 4.69) is 5.32 Å². The number of carbonyl (C=O) groups excluding carboxylic acids is 2. The van der Waals surface area contributed by atoms with Crippen LogP contribution in [0.2, 0.25) is 5.02 Å². The first-order valence-corrected chi connectivity index (χ1v) is 8.53. The Hall–Kier alpha value is -3.12. The van der Waals surface area contributed by atoms with Crippen LogP contribution in [0, 0.1) is 6.92 Å². The molecule has 0 aliphatic heterocycles. The molecule has 0 saturated carbocycles. The number of amides is 1. The van der Waals surface area contributed by atoms with E-state index in [9.17, 15) is 14.4 Å². The molecule has 1 N–H and O–H groups in total. The van der Waals surface area contributed by atoms with E-state index in [0.29, 0.717) is 10.7 Å². The molecule has 6 nitrogen and oxygen atoms in total. The summed E-state index contributed by atoms with van der Waals surface area (Å²) in [4.78, 5) is 36.6. The Morgan fingerprint density at radius 3 is 2.52 bits per heavy atom. The van der Waals surface area contributed by atoms with E-state index in [0.717, 1.165) is 11.6 Å². The van der Waals surface area contributed by atoms with Crippen molar-refractivity contribution in [3.8, 4) is 0 Å². The number of benzene rings is 2. The summed E-state index contributed by atoms with van der Waals surface area (Å²) in [5.74, 6) is -1.69. The summed E-state index contributed by atoms with van der Waals surface area (Å²) in [6.07, 6.45) is -1.08. The highest BCUT2D eigenvalue weighted by atomic mass is 35.5. The van der Waals surface area contributed by atoms with Crippen molar-refractivity contribution >= 4 is 40.1 Å². The maximum absolute atomic E-state index is 12.3. The standard InChI is InChI=1S/C20H16ClNO5/c1-11-3-6-14(7-4-11)22-19(24)12(2)26-20(25)18-10-16(23)15-9-13(21)5-8-17(15)27-18/h3-10,12H,1-2H3,(H,22,24)/t12-/m1/s1. The molecular weight excluding hydrogens is 370 g/mol. The molecule has 0 saturated heterocycles. The van der Waals surface area contributed by atoms with Crippen molar-refractivity contribution in [2.24, 2.45) is 0 Å². The number of nitrogens with one attached hydrogen (secondary N) is 1. The third-order valence-electron chi connectivity index (χ3n) is 3.86. The fraction of sp³-hybridized carbons (Fsp3) is 0.150. The molecule has 1 heterocycles. The second kappa shape index (κ2) is 7.63. The molecule has 1 atom stereocenters. The summed E-state index contributed by atoms with van der Waals surface area (Å²) in [7, 11) is 0. The average Bonchev–Trinajstić information content (AvgIpc) is 2.63. The van der Waals surface area contributed by atoms with Crippen LogP contribution < -0.4 is 10.7 Å². The zero-order chi connectivity index (χ0) is 19.6. The van der Waals surface area contributed by atoms with Crippen LogP contribution in [-0.4, -0.2) is 18.0 Å². The minimum absolute atomic E-state index is 0.204. The van der Waals surface area contributed by atoms with Crippen LogP contribution in [-0.2, 0) is 9.53 Å². The summed E-state index contributed by atoms with van der Waals surface area (Å²) >= 11 is 5.86. The zero-order valence-electron chi connectivity index (χ0n) is 14.6. The largest absolute Gasteiger partial charge is 0.449 e. The smallest absolute Gasteiger partial charge is 0.375 e. The minimum atomic E-state index is -1.08. The topological polar surface area (TPSA) is 85.6 Å². The van der Waals surface area contributed by atoms with Crippen LogP contribution in [0.5, 0.6) is 0 Å². The van der Waals surface area contributed by atoms with Gasteiger partial charge in [0.2, 0.25) is 5.76 Å². The lowest BCUT2D eigenvalue weighted by atomic mass is 10.2. The van der Waals surface area contributed by atoms with Crippen molar-refractivity contribution in [3.63, 3.8) is 0 Å². The number of rotatable bonds is 4. The highest BCUT2D eigenvalue weighted by Crippen LogP contribution is 2.18. The molecule has 0 fully saturated rings. The fourth-order valence-corrected chi connectivity index (χ4v) is 2.55. The Bertz CT molecular complexity index is 1070. The van der Waals surface area contributed by atoms with E-state index < -0.39 is 23.4 Å². The fourth-order valence-electron chi connectivity index (χ4n) is 2.38. The zero-order valence-corrected chi connectivity index (χ0v) is 15.4. The molecular formula is C20H16ClNO5. The highest BCUT2D eigenvalue weighted by Gasteiger charge is 2.21. The van der Waals surface area contributed by atoms with Gasteiger partial charge >= 0.3 is 5.97 Å². The molecule has 27 heavy (non-hydrogen) atoms. The molecule has 3 aromatic rings. The van der Waals surface area contributed by atoms with Crippen LogP contribution in [0.25, 0.3) is 11.0 Å². The first-order chi connectivity index (χ1) is 12.8. The van der Waals surface area contributed by atoms with Crippen molar-refractivity contribution in [1.82, 2.24) is 0 Å². The molecule has 0 radical (unpaired) electrons. The molecule has 1 aromatic heterocycles. The maximum atomic E-state index is 12.3. The monoisotopic (exact) mass is 385 g/mol. The Morgan fingerprint density at radius 1 is 1.11 bits per heavy atom. The van der Waals surface area contributed by atoms with Crippen LogP contribution in [0.15, 0.2) is 57.7 Å². The van der Waals surface area contributed by atoms with Gasteiger partial charge in [-0.05, 0) is 44.2 Å². The predicted molar refractivity (Wildman–Crippen MR) is 102 cm³/mol. The second-order valence-corrected chi connectivity index (χ2v) is 6.45. The number of hydrogen-bond acceptors (Lipinski definition) is 5. The number of hydrogen-bond donors (Lipinski definition) is 1. The lowest BCUT2D eigenvalue weighted by Crippen LogP contribution is -2.30. The first kappa shape index (κ1) is 18.7. The number of halogens is 1. The van der Waals surface area contributed by atoms with Gasteiger partial charge in [-0.3, -0.25) is 9.59 Å². The van der Waals surface area contributed by atoms with Gasteiger partial charge < -0.3 is 14.5 Å². The third-order valence-corrected chi connectivity index (χ3v) is 4.10. The van der Waals surface area contributed by atoms with Crippen molar-refractivity contribution in [2.75, 3.05) is 5.32 Å². The summed E-state index contributed by atoms with van der Waals surface area (Å²) in [5.41, 5.74) is 1.42. The van der Waals surface area contributed by atoms with E-state index in [-0.39, 0.29) is 16.7 Å². The third kappa shape index (κ3) is 4.35. The van der Waals surface area contributed by atoms with Crippen LogP contribution in [0.1, 0.15) is 23.0 Å². The van der Waals surface area contributed by atoms with Crippen molar-refractivity contribution in [2.45, 2.75) is 20.0 Å². The second-order valence-electron chi connectivity index (χ2n) is 6.02. The van der Waals surface area contributed by atoms with Gasteiger partial charge in [0.15, 0.2) is 11.5 Å². The van der Waals surface area contributed by atoms with Gasteiger partial charge in [-0.1, -0.05) is 29.3 Å². The molecule has 0 unspecified atom stereocenters. The van der Waals surface area contributed by atoms with Gasteiger partial charge in [0, 0.05) is 16.8 Å². The lowest BCUT2D eigenvalue weighted by molar-refractivity contribution is -0.123. The van der Waals surface area contributed by atoms with Crippen LogP contribution in [0.4, 0.5) is 5.69 Å². The first-order valence-electron chi connectivity index (χ1n) is 8.15. The van der Waals surface area contributed by atoms with E-state index >= 15 is 0 Å². The highest BCUT2D eigenvalue weighted by molar-refractivity contribution is 6.31. The number of esters is 1. The van der Waals surface area contributed by atoms with Crippen LogP contribution in [0.3, 0.4) is 0 Å². The molecule has 0 aliphatic carbocycles.